The Morgan fingerprint density at radius 2 is 1.59 bits per heavy atom. The molecule has 2 aromatic carbocycles. The van der Waals surface area contributed by atoms with E-state index in [1.165, 1.54) is 0 Å². The molecule has 1 aliphatic rings. The number of nitrogens with zero attached hydrogens (tertiary/aromatic N) is 1. The third-order valence-corrected chi connectivity index (χ3v) is 6.31. The summed E-state index contributed by atoms with van der Waals surface area (Å²) < 4.78 is 5.93. The first-order valence-electron chi connectivity index (χ1n) is 11.2. The maximum atomic E-state index is 10.2. The van der Waals surface area contributed by atoms with Gasteiger partial charge < -0.3 is 19.8 Å². The van der Waals surface area contributed by atoms with Crippen molar-refractivity contribution in [1.82, 2.24) is 4.90 Å². The highest BCUT2D eigenvalue weighted by Gasteiger charge is 2.27. The molecule has 0 saturated heterocycles. The number of likely N-dealkylation sites (N-methyl/N-ethyl adjacent to an activating group) is 1. The zero-order valence-electron chi connectivity index (χ0n) is 18.7. The van der Waals surface area contributed by atoms with E-state index in [1.54, 1.807) is 12.2 Å². The minimum atomic E-state index is -0.346. The highest BCUT2D eigenvalue weighted by atomic mass is 35.5. The van der Waals surface area contributed by atoms with Crippen LogP contribution in [0.5, 0.6) is 5.75 Å². The fourth-order valence-corrected chi connectivity index (χ4v) is 4.32. The Morgan fingerprint density at radius 1 is 0.906 bits per heavy atom. The van der Waals surface area contributed by atoms with E-state index in [-0.39, 0.29) is 22.8 Å². The average Bonchev–Trinajstić information content (AvgIpc) is 2.99. The van der Waals surface area contributed by atoms with Gasteiger partial charge in [0.2, 0.25) is 0 Å². The Hall–Kier alpha value is -2.69. The molecule has 0 amide bonds. The van der Waals surface area contributed by atoms with Crippen LogP contribution in [0.3, 0.4) is 0 Å². The number of alkyl halides is 1. The summed E-state index contributed by atoms with van der Waals surface area (Å²) in [5, 5.41) is 19.8. The summed E-state index contributed by atoms with van der Waals surface area (Å²) in [7, 11) is 0. The van der Waals surface area contributed by atoms with E-state index in [1.807, 2.05) is 60.7 Å². The second-order valence-corrected chi connectivity index (χ2v) is 8.26. The lowest BCUT2D eigenvalue weighted by Crippen LogP contribution is -2.27. The summed E-state index contributed by atoms with van der Waals surface area (Å²) in [6, 6.07) is 17.9. The fraction of sp³-hybridized carbons (Fsp3) is 0.333. The van der Waals surface area contributed by atoms with Gasteiger partial charge in [0.25, 0.3) is 0 Å². The summed E-state index contributed by atoms with van der Waals surface area (Å²) in [4.78, 5) is 2.32. The molecule has 1 aliphatic carbocycles. The van der Waals surface area contributed by atoms with E-state index in [4.69, 9.17) is 16.3 Å². The Bertz CT molecular complexity index is 947. The van der Waals surface area contributed by atoms with E-state index in [2.05, 4.69) is 18.7 Å². The summed E-state index contributed by atoms with van der Waals surface area (Å²) in [5.74, 6) is 0.355. The van der Waals surface area contributed by atoms with Gasteiger partial charge in [-0.1, -0.05) is 62.4 Å². The topological polar surface area (TPSA) is 52.9 Å². The number of allylic oxidation sites excluding steroid dienone is 4. The third kappa shape index (κ3) is 6.18. The van der Waals surface area contributed by atoms with Crippen LogP contribution in [-0.2, 0) is 0 Å². The minimum absolute atomic E-state index is 0.113. The van der Waals surface area contributed by atoms with Gasteiger partial charge in [0.15, 0.2) is 11.5 Å². The van der Waals surface area contributed by atoms with Crippen LogP contribution in [0.4, 0.5) is 0 Å². The maximum Gasteiger partial charge on any atom is 0.157 e. The van der Waals surface area contributed by atoms with Crippen molar-refractivity contribution in [3.63, 3.8) is 0 Å². The molecule has 2 atom stereocenters. The quantitative estimate of drug-likeness (QED) is 0.394. The van der Waals surface area contributed by atoms with Gasteiger partial charge in [0.1, 0.15) is 12.4 Å². The molecule has 2 unspecified atom stereocenters. The number of aliphatic hydroxyl groups is 2. The van der Waals surface area contributed by atoms with Crippen molar-refractivity contribution in [2.24, 2.45) is 0 Å². The van der Waals surface area contributed by atoms with Crippen molar-refractivity contribution in [3.8, 4) is 5.75 Å². The smallest absolute Gasteiger partial charge is 0.157 e. The van der Waals surface area contributed by atoms with Crippen molar-refractivity contribution < 1.29 is 14.9 Å². The van der Waals surface area contributed by atoms with E-state index < -0.39 is 0 Å². The first kappa shape index (κ1) is 24.0. The largest absolute Gasteiger partial charge is 0.504 e. The highest BCUT2D eigenvalue weighted by molar-refractivity contribution is 6.21. The molecule has 0 aliphatic heterocycles. The second kappa shape index (κ2) is 11.8. The van der Waals surface area contributed by atoms with Crippen molar-refractivity contribution in [3.05, 3.63) is 101 Å². The molecular formula is C27H32ClNO3. The van der Waals surface area contributed by atoms with Crippen LogP contribution in [0.2, 0.25) is 0 Å². The molecule has 0 heterocycles. The molecule has 170 valence electrons. The zero-order valence-corrected chi connectivity index (χ0v) is 19.5. The Balaban J connectivity index is 1.85. The number of rotatable bonds is 10. The van der Waals surface area contributed by atoms with E-state index >= 15 is 0 Å². The normalized spacial score (nSPS) is 15.9. The number of ether oxygens (including phenoxy) is 1. The molecular weight excluding hydrogens is 422 g/mol. The molecule has 0 spiro atoms. The van der Waals surface area contributed by atoms with Gasteiger partial charge in [-0.3, -0.25) is 0 Å². The first-order chi connectivity index (χ1) is 15.5. The van der Waals surface area contributed by atoms with Crippen molar-refractivity contribution in [1.29, 1.82) is 0 Å². The molecule has 0 fully saturated rings. The van der Waals surface area contributed by atoms with Gasteiger partial charge in [-0.25, -0.2) is 0 Å². The van der Waals surface area contributed by atoms with Crippen molar-refractivity contribution in [2.75, 3.05) is 26.2 Å². The summed E-state index contributed by atoms with van der Waals surface area (Å²) in [5.41, 5.74) is 2.87. The number of hydrogen-bond donors (Lipinski definition) is 2. The third-order valence-electron chi connectivity index (χ3n) is 5.81. The summed E-state index contributed by atoms with van der Waals surface area (Å²) >= 11 is 7.00. The lowest BCUT2D eigenvalue weighted by atomic mass is 9.84. The lowest BCUT2D eigenvalue weighted by Gasteiger charge is -2.25. The molecule has 0 bridgehead atoms. The van der Waals surface area contributed by atoms with Gasteiger partial charge in [0.05, 0.1) is 5.38 Å². The highest BCUT2D eigenvalue weighted by Crippen LogP contribution is 2.43. The predicted octanol–water partition coefficient (Wildman–Crippen LogP) is 6.68. The molecule has 0 aromatic heterocycles. The van der Waals surface area contributed by atoms with Crippen LogP contribution in [0.15, 0.2) is 89.9 Å². The number of halogens is 1. The average molecular weight is 454 g/mol. The summed E-state index contributed by atoms with van der Waals surface area (Å²) in [6.07, 6.45) is 5.71. The predicted molar refractivity (Wildman–Crippen MR) is 132 cm³/mol. The van der Waals surface area contributed by atoms with E-state index in [0.717, 1.165) is 42.1 Å². The van der Waals surface area contributed by atoms with Gasteiger partial charge in [-0.05, 0) is 60.5 Å². The lowest BCUT2D eigenvalue weighted by molar-refractivity contribution is 0.223. The molecule has 32 heavy (non-hydrogen) atoms. The Kier molecular flexibility index (Phi) is 8.83. The SMILES string of the molecule is CCN(CC)CCOc1ccc(C(C2=CCC=C(O)C(O)=C2)C(Cl)c2ccccc2)cc1. The molecule has 0 saturated carbocycles. The molecule has 3 rings (SSSR count). The minimum Gasteiger partial charge on any atom is -0.504 e. The van der Waals surface area contributed by atoms with Crippen LogP contribution in [0.25, 0.3) is 0 Å². The van der Waals surface area contributed by atoms with Crippen molar-refractivity contribution in [2.45, 2.75) is 31.6 Å². The molecule has 2 aromatic rings. The Labute approximate surface area is 196 Å². The van der Waals surface area contributed by atoms with Gasteiger partial charge >= 0.3 is 0 Å². The van der Waals surface area contributed by atoms with Crippen molar-refractivity contribution >= 4 is 11.6 Å². The Morgan fingerprint density at radius 3 is 2.25 bits per heavy atom. The van der Waals surface area contributed by atoms with E-state index in [9.17, 15) is 10.2 Å². The zero-order chi connectivity index (χ0) is 22.9. The molecule has 5 heteroatoms. The number of benzene rings is 2. The maximum absolute atomic E-state index is 10.2. The second-order valence-electron chi connectivity index (χ2n) is 7.79. The standard InChI is InChI=1S/C27H32ClNO3/c1-3-29(4-2)17-18-32-23-15-13-20(14-16-23)26(27(28)21-9-6-5-7-10-21)22-11-8-12-24(30)25(31)19-22/h5-7,9-16,19,26-27,30-31H,3-4,8,17-18H2,1-2H3. The first-order valence-corrected chi connectivity index (χ1v) is 11.6. The van der Waals surface area contributed by atoms with E-state index in [0.29, 0.717) is 13.0 Å². The van der Waals surface area contributed by atoms with Gasteiger partial charge in [-0.2, -0.15) is 0 Å². The number of aliphatic hydroxyl groups excluding tert-OH is 2. The van der Waals surface area contributed by atoms with Gasteiger partial charge in [0, 0.05) is 12.5 Å². The summed E-state index contributed by atoms with van der Waals surface area (Å²) in [6.45, 7) is 7.85. The molecule has 2 N–H and O–H groups in total. The monoisotopic (exact) mass is 453 g/mol. The molecule has 0 radical (unpaired) electrons. The molecule has 4 nitrogen and oxygen atoms in total. The van der Waals surface area contributed by atoms with Crippen LogP contribution in [0, 0.1) is 0 Å². The van der Waals surface area contributed by atoms with Crippen LogP contribution in [-0.4, -0.2) is 41.4 Å². The van der Waals surface area contributed by atoms with Gasteiger partial charge in [-0.15, -0.1) is 11.6 Å². The fourth-order valence-electron chi connectivity index (χ4n) is 3.88. The van der Waals surface area contributed by atoms with Crippen LogP contribution < -0.4 is 4.74 Å². The van der Waals surface area contributed by atoms with Crippen LogP contribution >= 0.6 is 11.6 Å². The number of hydrogen-bond acceptors (Lipinski definition) is 4. The van der Waals surface area contributed by atoms with Crippen LogP contribution in [0.1, 0.15) is 42.7 Å².